The van der Waals surface area contributed by atoms with Crippen molar-refractivity contribution in [3.8, 4) is 17.2 Å². The smallest absolute Gasteiger partial charge is 0.265 e. The number of amides is 1. The van der Waals surface area contributed by atoms with Gasteiger partial charge in [0.25, 0.3) is 5.91 Å². The average Bonchev–Trinajstić information content (AvgIpc) is 2.60. The van der Waals surface area contributed by atoms with Crippen molar-refractivity contribution in [1.82, 2.24) is 0 Å². The number of benzene rings is 2. The van der Waals surface area contributed by atoms with Crippen LogP contribution in [0.3, 0.4) is 0 Å². The molecule has 0 aliphatic carbocycles. The molecule has 122 valence electrons. The van der Waals surface area contributed by atoms with E-state index in [4.69, 9.17) is 14.2 Å². The minimum atomic E-state index is -0.605. The Morgan fingerprint density at radius 1 is 1.04 bits per heavy atom. The van der Waals surface area contributed by atoms with Crippen molar-refractivity contribution in [3.63, 3.8) is 0 Å². The van der Waals surface area contributed by atoms with Gasteiger partial charge in [-0.2, -0.15) is 0 Å². The summed E-state index contributed by atoms with van der Waals surface area (Å²) in [6.45, 7) is 1.90. The fraction of sp³-hybridized carbons (Fsp3) is 0.278. The van der Waals surface area contributed by atoms with Gasteiger partial charge >= 0.3 is 0 Å². The summed E-state index contributed by atoms with van der Waals surface area (Å²) < 4.78 is 16.2. The van der Waals surface area contributed by atoms with Gasteiger partial charge in [0.2, 0.25) is 0 Å². The molecular weight excluding hydrogens is 294 g/mol. The highest BCUT2D eigenvalue weighted by Gasteiger charge is 2.20. The van der Waals surface area contributed by atoms with Gasteiger partial charge in [-0.15, -0.1) is 0 Å². The first-order valence-electron chi connectivity index (χ1n) is 7.42. The van der Waals surface area contributed by atoms with Gasteiger partial charge < -0.3 is 19.5 Å². The third kappa shape index (κ3) is 4.39. The van der Waals surface area contributed by atoms with Crippen molar-refractivity contribution < 1.29 is 19.0 Å². The van der Waals surface area contributed by atoms with E-state index in [0.717, 1.165) is 0 Å². The van der Waals surface area contributed by atoms with Gasteiger partial charge in [0.05, 0.1) is 19.9 Å². The molecule has 0 spiro atoms. The third-order valence-corrected chi connectivity index (χ3v) is 3.35. The highest BCUT2D eigenvalue weighted by Crippen LogP contribution is 2.24. The van der Waals surface area contributed by atoms with Gasteiger partial charge in [-0.1, -0.05) is 25.1 Å². The van der Waals surface area contributed by atoms with E-state index in [1.807, 2.05) is 31.2 Å². The van der Waals surface area contributed by atoms with E-state index in [0.29, 0.717) is 29.4 Å². The predicted molar refractivity (Wildman–Crippen MR) is 89.3 cm³/mol. The molecular formula is C18H21NO4. The Hall–Kier alpha value is -2.69. The maximum atomic E-state index is 12.4. The molecule has 0 fully saturated rings. The molecule has 5 nitrogen and oxygen atoms in total. The maximum Gasteiger partial charge on any atom is 0.265 e. The molecule has 5 heteroatoms. The lowest BCUT2D eigenvalue weighted by molar-refractivity contribution is -0.122. The van der Waals surface area contributed by atoms with E-state index >= 15 is 0 Å². The highest BCUT2D eigenvalue weighted by atomic mass is 16.5. The lowest BCUT2D eigenvalue weighted by Gasteiger charge is -2.18. The summed E-state index contributed by atoms with van der Waals surface area (Å²) in [6, 6.07) is 14.4. The summed E-state index contributed by atoms with van der Waals surface area (Å²) in [5, 5.41) is 2.84. The van der Waals surface area contributed by atoms with Gasteiger partial charge in [0, 0.05) is 6.07 Å². The van der Waals surface area contributed by atoms with E-state index < -0.39 is 6.10 Å². The van der Waals surface area contributed by atoms with E-state index in [1.54, 1.807) is 38.5 Å². The minimum Gasteiger partial charge on any atom is -0.497 e. The predicted octanol–water partition coefficient (Wildman–Crippen LogP) is 3.50. The zero-order valence-corrected chi connectivity index (χ0v) is 13.5. The Bertz CT molecular complexity index is 657. The molecule has 2 aromatic rings. The molecule has 2 rings (SSSR count). The van der Waals surface area contributed by atoms with Crippen LogP contribution in [0.5, 0.6) is 17.2 Å². The molecule has 2 aromatic carbocycles. The molecule has 1 N–H and O–H groups in total. The molecule has 0 bridgehead atoms. The fourth-order valence-electron chi connectivity index (χ4n) is 2.12. The first-order chi connectivity index (χ1) is 11.2. The average molecular weight is 315 g/mol. The molecule has 0 unspecified atom stereocenters. The summed E-state index contributed by atoms with van der Waals surface area (Å²) in [5.41, 5.74) is 0.618. The van der Waals surface area contributed by atoms with Crippen molar-refractivity contribution in [1.29, 1.82) is 0 Å². The molecule has 0 aromatic heterocycles. The Morgan fingerprint density at radius 2 is 1.78 bits per heavy atom. The molecule has 0 saturated carbocycles. The second kappa shape index (κ2) is 8.08. The summed E-state index contributed by atoms with van der Waals surface area (Å²) in [5.74, 6) is 1.66. The Balaban J connectivity index is 2.09. The second-order valence-electron chi connectivity index (χ2n) is 4.88. The van der Waals surface area contributed by atoms with E-state index in [-0.39, 0.29) is 5.91 Å². The van der Waals surface area contributed by atoms with Crippen molar-refractivity contribution in [2.75, 3.05) is 19.5 Å². The van der Waals surface area contributed by atoms with Crippen LogP contribution in [0.15, 0.2) is 48.5 Å². The lowest BCUT2D eigenvalue weighted by atomic mass is 10.2. The normalized spacial score (nSPS) is 11.4. The Kier molecular flexibility index (Phi) is 5.86. The Labute approximate surface area is 136 Å². The molecule has 1 atom stereocenters. The molecule has 0 aliphatic heterocycles. The van der Waals surface area contributed by atoms with Gasteiger partial charge in [-0.3, -0.25) is 4.79 Å². The van der Waals surface area contributed by atoms with Crippen LogP contribution < -0.4 is 19.5 Å². The SMILES string of the molecule is CC[C@H](Oc1cccc(OC)c1)C(=O)Nc1ccccc1OC. The summed E-state index contributed by atoms with van der Waals surface area (Å²) in [7, 11) is 3.15. The number of para-hydroxylation sites is 2. The van der Waals surface area contributed by atoms with Crippen LogP contribution in [0.2, 0.25) is 0 Å². The molecule has 0 aliphatic rings. The van der Waals surface area contributed by atoms with Crippen molar-refractivity contribution in [2.45, 2.75) is 19.4 Å². The third-order valence-electron chi connectivity index (χ3n) is 3.35. The van der Waals surface area contributed by atoms with Crippen LogP contribution >= 0.6 is 0 Å². The first-order valence-corrected chi connectivity index (χ1v) is 7.42. The number of nitrogens with one attached hydrogen (secondary N) is 1. The van der Waals surface area contributed by atoms with Crippen LogP contribution in [0.25, 0.3) is 0 Å². The van der Waals surface area contributed by atoms with Gasteiger partial charge in [0.15, 0.2) is 6.10 Å². The van der Waals surface area contributed by atoms with Crippen LogP contribution in [0, 0.1) is 0 Å². The van der Waals surface area contributed by atoms with Gasteiger partial charge in [0.1, 0.15) is 17.2 Å². The number of carbonyl (C=O) groups excluding carboxylic acids is 1. The summed E-state index contributed by atoms with van der Waals surface area (Å²) in [6.07, 6.45) is -0.0647. The second-order valence-corrected chi connectivity index (χ2v) is 4.88. The summed E-state index contributed by atoms with van der Waals surface area (Å²) in [4.78, 5) is 12.4. The summed E-state index contributed by atoms with van der Waals surface area (Å²) >= 11 is 0. The Morgan fingerprint density at radius 3 is 2.48 bits per heavy atom. The number of hydrogen-bond donors (Lipinski definition) is 1. The first kappa shape index (κ1) is 16.7. The zero-order valence-electron chi connectivity index (χ0n) is 13.5. The molecule has 0 heterocycles. The molecule has 23 heavy (non-hydrogen) atoms. The van der Waals surface area contributed by atoms with E-state index in [9.17, 15) is 4.79 Å². The number of ether oxygens (including phenoxy) is 3. The van der Waals surface area contributed by atoms with Crippen molar-refractivity contribution in [3.05, 3.63) is 48.5 Å². The van der Waals surface area contributed by atoms with Crippen molar-refractivity contribution in [2.24, 2.45) is 0 Å². The standard InChI is InChI=1S/C18H21NO4/c1-4-16(23-14-9-7-8-13(12-14)21-2)18(20)19-15-10-5-6-11-17(15)22-3/h5-12,16H,4H2,1-3H3,(H,19,20)/t16-/m0/s1. The maximum absolute atomic E-state index is 12.4. The number of hydrogen-bond acceptors (Lipinski definition) is 4. The monoisotopic (exact) mass is 315 g/mol. The van der Waals surface area contributed by atoms with Gasteiger partial charge in [-0.25, -0.2) is 0 Å². The van der Waals surface area contributed by atoms with Crippen LogP contribution in [-0.4, -0.2) is 26.2 Å². The largest absolute Gasteiger partial charge is 0.497 e. The minimum absolute atomic E-state index is 0.222. The van der Waals surface area contributed by atoms with Crippen molar-refractivity contribution >= 4 is 11.6 Å². The molecule has 1 amide bonds. The lowest BCUT2D eigenvalue weighted by Crippen LogP contribution is -2.32. The highest BCUT2D eigenvalue weighted by molar-refractivity contribution is 5.95. The quantitative estimate of drug-likeness (QED) is 0.849. The zero-order chi connectivity index (χ0) is 16.7. The van der Waals surface area contributed by atoms with E-state index in [2.05, 4.69) is 5.32 Å². The molecule has 0 radical (unpaired) electrons. The van der Waals surface area contributed by atoms with Crippen LogP contribution in [0.1, 0.15) is 13.3 Å². The van der Waals surface area contributed by atoms with Gasteiger partial charge in [-0.05, 0) is 30.7 Å². The molecule has 0 saturated heterocycles. The number of anilines is 1. The fourth-order valence-corrected chi connectivity index (χ4v) is 2.12. The number of methoxy groups -OCH3 is 2. The van der Waals surface area contributed by atoms with Crippen LogP contribution in [0.4, 0.5) is 5.69 Å². The van der Waals surface area contributed by atoms with Crippen LogP contribution in [-0.2, 0) is 4.79 Å². The van der Waals surface area contributed by atoms with E-state index in [1.165, 1.54) is 0 Å². The number of rotatable bonds is 7. The topological polar surface area (TPSA) is 56.8 Å². The number of carbonyl (C=O) groups is 1.